The Morgan fingerprint density at radius 3 is 2.50 bits per heavy atom. The molecule has 1 fully saturated rings. The van der Waals surface area contributed by atoms with Crippen LogP contribution in [0.5, 0.6) is 0 Å². The molecular weight excluding hydrogens is 312 g/mol. The predicted molar refractivity (Wildman–Crippen MR) is 82.9 cm³/mol. The molecule has 0 radical (unpaired) electrons. The Morgan fingerprint density at radius 1 is 1.14 bits per heavy atom. The highest BCUT2D eigenvalue weighted by Gasteiger charge is 2.43. The number of halogens is 3. The van der Waals surface area contributed by atoms with Gasteiger partial charge in [-0.3, -0.25) is 4.90 Å². The summed E-state index contributed by atoms with van der Waals surface area (Å²) in [6.45, 7) is 0. The first-order chi connectivity index (χ1) is 10.4. The highest BCUT2D eigenvalue weighted by Crippen LogP contribution is 2.42. The number of hydrogen-bond donors (Lipinski definition) is 2. The molecule has 1 aliphatic carbocycles. The van der Waals surface area contributed by atoms with Crippen LogP contribution in [-0.4, -0.2) is 17.6 Å². The van der Waals surface area contributed by atoms with E-state index in [4.69, 9.17) is 23.1 Å². The maximum absolute atomic E-state index is 13.8. The molecule has 1 heterocycles. The molecule has 1 saturated carbocycles. The van der Waals surface area contributed by atoms with Gasteiger partial charge in [0.05, 0.1) is 5.69 Å². The Bertz CT molecular complexity index is 667. The van der Waals surface area contributed by atoms with Crippen LogP contribution in [0.25, 0.3) is 0 Å². The van der Waals surface area contributed by atoms with Crippen LogP contribution in [-0.2, 0) is 0 Å². The summed E-state index contributed by atoms with van der Waals surface area (Å²) in [6.07, 6.45) is 4.22. The van der Waals surface area contributed by atoms with Gasteiger partial charge in [0.25, 0.3) is 0 Å². The average molecular weight is 328 g/mol. The molecule has 8 heteroatoms. The van der Waals surface area contributed by atoms with Gasteiger partial charge in [-0.1, -0.05) is 18.0 Å². The predicted octanol–water partition coefficient (Wildman–Crippen LogP) is 2.73. The number of nitrogens with zero attached hydrogens (tertiary/aromatic N) is 3. The molecule has 0 saturated heterocycles. The van der Waals surface area contributed by atoms with Crippen molar-refractivity contribution in [1.29, 1.82) is 0 Å². The van der Waals surface area contributed by atoms with Gasteiger partial charge in [-0.15, -0.1) is 0 Å². The standard InChI is InChI=1S/C14H16ClF2N5/c15-11-9(17)6-8(16)7-10(11)22-13(19)20-12(18)21-14(22)4-2-1-3-5-14/h6-7H,1-5H2,(H4,18,19,20,21). The highest BCUT2D eigenvalue weighted by atomic mass is 35.5. The molecule has 118 valence electrons. The van der Waals surface area contributed by atoms with Crippen LogP contribution in [0, 0.1) is 11.6 Å². The van der Waals surface area contributed by atoms with Crippen molar-refractivity contribution in [2.45, 2.75) is 37.8 Å². The maximum Gasteiger partial charge on any atom is 0.220 e. The van der Waals surface area contributed by atoms with Gasteiger partial charge >= 0.3 is 0 Å². The summed E-state index contributed by atoms with van der Waals surface area (Å²) in [7, 11) is 0. The molecule has 5 nitrogen and oxygen atoms in total. The van der Waals surface area contributed by atoms with Gasteiger partial charge in [-0.2, -0.15) is 4.99 Å². The lowest BCUT2D eigenvalue weighted by atomic mass is 9.87. The minimum atomic E-state index is -0.849. The second-order valence-corrected chi connectivity index (χ2v) is 5.92. The smallest absolute Gasteiger partial charge is 0.220 e. The molecule has 1 aliphatic heterocycles. The molecular formula is C14H16ClF2N5. The SMILES string of the molecule is NC1=NC2(CCCCC2)N(c2cc(F)cc(F)c2Cl)C(N)=N1. The first-order valence-electron chi connectivity index (χ1n) is 7.07. The third kappa shape index (κ3) is 2.39. The van der Waals surface area contributed by atoms with Crippen molar-refractivity contribution in [3.05, 3.63) is 28.8 Å². The first-order valence-corrected chi connectivity index (χ1v) is 7.45. The van der Waals surface area contributed by atoms with Crippen molar-refractivity contribution in [3.63, 3.8) is 0 Å². The lowest BCUT2D eigenvalue weighted by molar-refractivity contribution is 0.305. The molecule has 1 aromatic carbocycles. The Kier molecular flexibility index (Phi) is 3.68. The first kappa shape index (κ1) is 15.0. The van der Waals surface area contributed by atoms with E-state index < -0.39 is 17.3 Å². The third-order valence-electron chi connectivity index (χ3n) is 4.07. The Labute approximate surface area is 131 Å². The van der Waals surface area contributed by atoms with Crippen LogP contribution < -0.4 is 16.4 Å². The van der Waals surface area contributed by atoms with Gasteiger partial charge in [0.1, 0.15) is 22.3 Å². The zero-order chi connectivity index (χ0) is 15.9. The van der Waals surface area contributed by atoms with Crippen LogP contribution in [0.3, 0.4) is 0 Å². The number of anilines is 1. The third-order valence-corrected chi connectivity index (χ3v) is 4.44. The fourth-order valence-corrected chi connectivity index (χ4v) is 3.37. The average Bonchev–Trinajstić information content (AvgIpc) is 2.44. The maximum atomic E-state index is 13.8. The molecule has 3 rings (SSSR count). The summed E-state index contributed by atoms with van der Waals surface area (Å²) in [5.74, 6) is -1.47. The van der Waals surface area contributed by atoms with Crippen LogP contribution in [0.4, 0.5) is 14.5 Å². The quantitative estimate of drug-likeness (QED) is 0.778. The lowest BCUT2D eigenvalue weighted by Gasteiger charge is -2.45. The molecule has 0 amide bonds. The normalized spacial score (nSPS) is 20.8. The van der Waals surface area contributed by atoms with Gasteiger partial charge in [-0.05, 0) is 31.7 Å². The van der Waals surface area contributed by atoms with E-state index in [1.165, 1.54) is 4.90 Å². The molecule has 0 aromatic heterocycles. The van der Waals surface area contributed by atoms with E-state index in [0.29, 0.717) is 12.8 Å². The van der Waals surface area contributed by atoms with Crippen molar-refractivity contribution in [2.75, 3.05) is 4.90 Å². The van der Waals surface area contributed by atoms with Gasteiger partial charge in [0.15, 0.2) is 0 Å². The van der Waals surface area contributed by atoms with Crippen molar-refractivity contribution in [2.24, 2.45) is 21.5 Å². The van der Waals surface area contributed by atoms with Gasteiger partial charge in [-0.25, -0.2) is 13.8 Å². The van der Waals surface area contributed by atoms with E-state index in [0.717, 1.165) is 31.4 Å². The topological polar surface area (TPSA) is 80.0 Å². The summed E-state index contributed by atoms with van der Waals surface area (Å²) in [6, 6.07) is 1.87. The number of benzene rings is 1. The van der Waals surface area contributed by atoms with Crippen LogP contribution in [0.2, 0.25) is 5.02 Å². The fourth-order valence-electron chi connectivity index (χ4n) is 3.17. The Hall–Kier alpha value is -1.89. The van der Waals surface area contributed by atoms with E-state index in [9.17, 15) is 8.78 Å². The van der Waals surface area contributed by atoms with Gasteiger partial charge in [0.2, 0.25) is 11.9 Å². The van der Waals surface area contributed by atoms with E-state index in [1.54, 1.807) is 0 Å². The molecule has 0 unspecified atom stereocenters. The number of hydrogen-bond acceptors (Lipinski definition) is 5. The molecule has 4 N–H and O–H groups in total. The number of guanidine groups is 2. The fraction of sp³-hybridized carbons (Fsp3) is 0.429. The van der Waals surface area contributed by atoms with Gasteiger partial charge < -0.3 is 11.5 Å². The summed E-state index contributed by atoms with van der Waals surface area (Å²) in [5, 5.41) is -0.208. The van der Waals surface area contributed by atoms with Crippen molar-refractivity contribution >= 4 is 29.2 Å². The zero-order valence-electron chi connectivity index (χ0n) is 11.8. The number of rotatable bonds is 1. The molecule has 2 aliphatic rings. The number of aliphatic imine (C=N–C) groups is 2. The minimum absolute atomic E-state index is 0.0429. The van der Waals surface area contributed by atoms with Gasteiger partial charge in [0, 0.05) is 6.07 Å². The number of nitrogens with two attached hydrogens (primary N) is 2. The van der Waals surface area contributed by atoms with Crippen molar-refractivity contribution < 1.29 is 8.78 Å². The zero-order valence-corrected chi connectivity index (χ0v) is 12.6. The second kappa shape index (κ2) is 5.39. The second-order valence-electron chi connectivity index (χ2n) is 5.54. The summed E-state index contributed by atoms with van der Waals surface area (Å²) < 4.78 is 27.5. The molecule has 0 atom stereocenters. The van der Waals surface area contributed by atoms with E-state index in [1.807, 2.05) is 0 Å². The Balaban J connectivity index is 2.16. The Morgan fingerprint density at radius 2 is 1.82 bits per heavy atom. The largest absolute Gasteiger partial charge is 0.369 e. The monoisotopic (exact) mass is 327 g/mol. The molecule has 0 bridgehead atoms. The van der Waals surface area contributed by atoms with E-state index >= 15 is 0 Å². The summed E-state index contributed by atoms with van der Waals surface area (Å²) in [5.41, 5.74) is 11.1. The summed E-state index contributed by atoms with van der Waals surface area (Å²) >= 11 is 6.03. The molecule has 1 aromatic rings. The van der Waals surface area contributed by atoms with Crippen molar-refractivity contribution in [3.8, 4) is 0 Å². The van der Waals surface area contributed by atoms with Crippen LogP contribution in [0.1, 0.15) is 32.1 Å². The van der Waals surface area contributed by atoms with E-state index in [2.05, 4.69) is 9.98 Å². The minimum Gasteiger partial charge on any atom is -0.369 e. The lowest BCUT2D eigenvalue weighted by Crippen LogP contribution is -2.58. The highest BCUT2D eigenvalue weighted by molar-refractivity contribution is 6.34. The van der Waals surface area contributed by atoms with Crippen LogP contribution in [0.15, 0.2) is 22.1 Å². The molecule has 22 heavy (non-hydrogen) atoms. The van der Waals surface area contributed by atoms with E-state index in [-0.39, 0.29) is 22.6 Å². The van der Waals surface area contributed by atoms with Crippen molar-refractivity contribution in [1.82, 2.24) is 0 Å². The van der Waals surface area contributed by atoms with Crippen LogP contribution >= 0.6 is 11.6 Å². The molecule has 1 spiro atoms. The summed E-state index contributed by atoms with van der Waals surface area (Å²) in [4.78, 5) is 9.88.